The standard InChI is InChI=1S/C22H24O4/c1-4-17-9-13-20(14-10-17)25-16-21(24)26-22(2,3)15-5-6-18-7-11-19(23)12-8-18/h4-14,23H,1,15-16H2,2-3H3. The summed E-state index contributed by atoms with van der Waals surface area (Å²) < 4.78 is 10.9. The molecule has 0 aliphatic heterocycles. The first-order valence-electron chi connectivity index (χ1n) is 8.41. The molecule has 0 aliphatic carbocycles. The van der Waals surface area contributed by atoms with Gasteiger partial charge in [0.25, 0.3) is 0 Å². The lowest BCUT2D eigenvalue weighted by Crippen LogP contribution is -2.30. The molecule has 26 heavy (non-hydrogen) atoms. The van der Waals surface area contributed by atoms with Crippen molar-refractivity contribution in [1.29, 1.82) is 0 Å². The Morgan fingerprint density at radius 3 is 2.31 bits per heavy atom. The summed E-state index contributed by atoms with van der Waals surface area (Å²) in [6.07, 6.45) is 6.17. The molecule has 0 amide bonds. The number of aromatic hydroxyl groups is 1. The van der Waals surface area contributed by atoms with Crippen LogP contribution in [-0.4, -0.2) is 23.3 Å². The Hall–Kier alpha value is -3.01. The third-order valence-corrected chi connectivity index (χ3v) is 3.68. The second-order valence-electron chi connectivity index (χ2n) is 6.49. The maximum absolute atomic E-state index is 12.0. The van der Waals surface area contributed by atoms with E-state index in [1.807, 2.05) is 50.3 Å². The van der Waals surface area contributed by atoms with Gasteiger partial charge in [0.15, 0.2) is 6.61 Å². The summed E-state index contributed by atoms with van der Waals surface area (Å²) >= 11 is 0. The van der Waals surface area contributed by atoms with Crippen molar-refractivity contribution < 1.29 is 19.4 Å². The number of carbonyl (C=O) groups excluding carboxylic acids is 1. The fourth-order valence-electron chi connectivity index (χ4n) is 2.29. The fourth-order valence-corrected chi connectivity index (χ4v) is 2.29. The quantitative estimate of drug-likeness (QED) is 0.691. The zero-order valence-corrected chi connectivity index (χ0v) is 15.1. The monoisotopic (exact) mass is 352 g/mol. The number of rotatable bonds is 8. The Kier molecular flexibility index (Phi) is 6.61. The Balaban J connectivity index is 1.80. The first-order chi connectivity index (χ1) is 12.4. The molecule has 0 heterocycles. The minimum Gasteiger partial charge on any atom is -0.508 e. The predicted molar refractivity (Wildman–Crippen MR) is 104 cm³/mol. The van der Waals surface area contributed by atoms with Gasteiger partial charge in [-0.05, 0) is 49.2 Å². The molecular formula is C22H24O4. The summed E-state index contributed by atoms with van der Waals surface area (Å²) in [5.74, 6) is 0.425. The number of benzene rings is 2. The summed E-state index contributed by atoms with van der Waals surface area (Å²) in [6.45, 7) is 7.26. The van der Waals surface area contributed by atoms with Crippen LogP contribution in [0.2, 0.25) is 0 Å². The summed E-state index contributed by atoms with van der Waals surface area (Å²) in [4.78, 5) is 12.0. The lowest BCUT2D eigenvalue weighted by Gasteiger charge is -2.23. The van der Waals surface area contributed by atoms with Crippen LogP contribution in [0.1, 0.15) is 31.4 Å². The van der Waals surface area contributed by atoms with Gasteiger partial charge in [-0.1, -0.05) is 49.1 Å². The van der Waals surface area contributed by atoms with Crippen LogP contribution < -0.4 is 4.74 Å². The van der Waals surface area contributed by atoms with Crippen molar-refractivity contribution in [3.63, 3.8) is 0 Å². The number of hydrogen-bond donors (Lipinski definition) is 1. The second-order valence-corrected chi connectivity index (χ2v) is 6.49. The highest BCUT2D eigenvalue weighted by atomic mass is 16.6. The van der Waals surface area contributed by atoms with Gasteiger partial charge in [-0.3, -0.25) is 0 Å². The van der Waals surface area contributed by atoms with Crippen LogP contribution in [0.25, 0.3) is 12.2 Å². The largest absolute Gasteiger partial charge is 0.508 e. The van der Waals surface area contributed by atoms with E-state index in [-0.39, 0.29) is 12.4 Å². The highest BCUT2D eigenvalue weighted by Gasteiger charge is 2.21. The Labute approximate surface area is 154 Å². The van der Waals surface area contributed by atoms with Crippen molar-refractivity contribution in [3.8, 4) is 11.5 Å². The van der Waals surface area contributed by atoms with Crippen molar-refractivity contribution in [2.24, 2.45) is 0 Å². The highest BCUT2D eigenvalue weighted by Crippen LogP contribution is 2.18. The molecule has 1 N–H and O–H groups in total. The van der Waals surface area contributed by atoms with Crippen LogP contribution in [-0.2, 0) is 9.53 Å². The van der Waals surface area contributed by atoms with Crippen molar-refractivity contribution in [2.45, 2.75) is 25.9 Å². The third-order valence-electron chi connectivity index (χ3n) is 3.68. The van der Waals surface area contributed by atoms with Gasteiger partial charge in [-0.2, -0.15) is 0 Å². The number of ether oxygens (including phenoxy) is 2. The Bertz CT molecular complexity index is 756. The van der Waals surface area contributed by atoms with Crippen LogP contribution in [0, 0.1) is 0 Å². The molecule has 0 bridgehead atoms. The molecule has 0 radical (unpaired) electrons. The van der Waals surface area contributed by atoms with E-state index >= 15 is 0 Å². The van der Waals surface area contributed by atoms with E-state index < -0.39 is 11.6 Å². The van der Waals surface area contributed by atoms with Crippen LogP contribution >= 0.6 is 0 Å². The van der Waals surface area contributed by atoms with E-state index in [1.165, 1.54) is 0 Å². The van der Waals surface area contributed by atoms with E-state index in [2.05, 4.69) is 6.58 Å². The second kappa shape index (κ2) is 8.90. The smallest absolute Gasteiger partial charge is 0.344 e. The molecule has 2 rings (SSSR count). The zero-order chi connectivity index (χ0) is 19.0. The van der Waals surface area contributed by atoms with Gasteiger partial charge in [0.1, 0.15) is 17.1 Å². The van der Waals surface area contributed by atoms with Gasteiger partial charge in [-0.25, -0.2) is 4.79 Å². The molecule has 4 nitrogen and oxygen atoms in total. The van der Waals surface area contributed by atoms with Gasteiger partial charge in [-0.15, -0.1) is 0 Å². The van der Waals surface area contributed by atoms with Gasteiger partial charge >= 0.3 is 5.97 Å². The minimum absolute atomic E-state index is 0.140. The summed E-state index contributed by atoms with van der Waals surface area (Å²) in [5, 5.41) is 9.27. The molecule has 0 fully saturated rings. The van der Waals surface area contributed by atoms with Crippen LogP contribution in [0.3, 0.4) is 0 Å². The number of phenols is 1. The zero-order valence-electron chi connectivity index (χ0n) is 15.1. The van der Waals surface area contributed by atoms with E-state index in [1.54, 1.807) is 30.3 Å². The van der Waals surface area contributed by atoms with Crippen molar-refractivity contribution in [3.05, 3.63) is 72.3 Å². The topological polar surface area (TPSA) is 55.8 Å². The molecule has 0 aromatic heterocycles. The molecule has 2 aromatic carbocycles. The SMILES string of the molecule is C=Cc1ccc(OCC(=O)OC(C)(C)CC=Cc2ccc(O)cc2)cc1. The lowest BCUT2D eigenvalue weighted by molar-refractivity contribution is -0.158. The number of esters is 1. The average molecular weight is 352 g/mol. The van der Waals surface area contributed by atoms with Crippen molar-refractivity contribution in [1.82, 2.24) is 0 Å². The summed E-state index contributed by atoms with van der Waals surface area (Å²) in [7, 11) is 0. The number of carbonyl (C=O) groups is 1. The van der Waals surface area contributed by atoms with Crippen LogP contribution in [0.5, 0.6) is 11.5 Å². The molecule has 136 valence electrons. The Morgan fingerprint density at radius 1 is 1.08 bits per heavy atom. The van der Waals surface area contributed by atoms with Gasteiger partial charge in [0.05, 0.1) is 0 Å². The normalized spacial score (nSPS) is 11.3. The van der Waals surface area contributed by atoms with Gasteiger partial charge in [0, 0.05) is 6.42 Å². The summed E-state index contributed by atoms with van der Waals surface area (Å²) in [5.41, 5.74) is 1.32. The van der Waals surface area contributed by atoms with E-state index in [9.17, 15) is 9.90 Å². The molecule has 0 atom stereocenters. The minimum atomic E-state index is -0.638. The first-order valence-corrected chi connectivity index (χ1v) is 8.41. The molecule has 0 aliphatic rings. The van der Waals surface area contributed by atoms with Gasteiger partial charge in [0.2, 0.25) is 0 Å². The van der Waals surface area contributed by atoms with Crippen molar-refractivity contribution in [2.75, 3.05) is 6.61 Å². The molecule has 0 spiro atoms. The van der Waals surface area contributed by atoms with E-state index in [0.717, 1.165) is 11.1 Å². The average Bonchev–Trinajstić information content (AvgIpc) is 2.61. The van der Waals surface area contributed by atoms with Crippen LogP contribution in [0.4, 0.5) is 0 Å². The summed E-state index contributed by atoms with van der Waals surface area (Å²) in [6, 6.07) is 14.2. The van der Waals surface area contributed by atoms with Gasteiger partial charge < -0.3 is 14.6 Å². The van der Waals surface area contributed by atoms with E-state index in [0.29, 0.717) is 12.2 Å². The molecular weight excluding hydrogens is 328 g/mol. The lowest BCUT2D eigenvalue weighted by atomic mass is 10.0. The van der Waals surface area contributed by atoms with Crippen LogP contribution in [0.15, 0.2) is 61.2 Å². The highest BCUT2D eigenvalue weighted by molar-refractivity contribution is 5.71. The molecule has 2 aromatic rings. The molecule has 4 heteroatoms. The fraction of sp³-hybridized carbons (Fsp3) is 0.227. The van der Waals surface area contributed by atoms with Crippen molar-refractivity contribution >= 4 is 18.1 Å². The number of hydrogen-bond acceptors (Lipinski definition) is 4. The first kappa shape index (κ1) is 19.3. The maximum Gasteiger partial charge on any atom is 0.344 e. The molecule has 0 saturated carbocycles. The predicted octanol–water partition coefficient (Wildman–Crippen LogP) is 4.84. The van der Waals surface area contributed by atoms with E-state index in [4.69, 9.17) is 9.47 Å². The molecule has 0 unspecified atom stereocenters. The third kappa shape index (κ3) is 6.48. The maximum atomic E-state index is 12.0. The molecule has 0 saturated heterocycles. The Morgan fingerprint density at radius 2 is 1.69 bits per heavy atom. The number of phenolic OH excluding ortho intramolecular Hbond substituents is 1.